The van der Waals surface area contributed by atoms with Crippen LogP contribution >= 0.6 is 15.9 Å². The molecule has 0 unspecified atom stereocenters. The molecule has 1 saturated heterocycles. The number of sulfonamides is 1. The Morgan fingerprint density at radius 1 is 1.31 bits per heavy atom. The molecule has 3 rings (SSSR count). The normalized spacial score (nSPS) is 16.5. The zero-order valence-corrected chi connectivity index (χ0v) is 16.6. The number of nitrogens with one attached hydrogen (secondary N) is 1. The Labute approximate surface area is 160 Å². The van der Waals surface area contributed by atoms with Crippen molar-refractivity contribution in [3.63, 3.8) is 0 Å². The van der Waals surface area contributed by atoms with E-state index in [0.29, 0.717) is 37.6 Å². The standard InChI is InChI=1S/C16H19BrN4O4S/c1-11-19-15(25-20-11)10-18-16(22)12-6-8-21(9-7-12)26(23,24)14-4-2-13(17)3-5-14/h2-5,12H,6-10H2,1H3,(H,18,22). The molecule has 10 heteroatoms. The van der Waals surface area contributed by atoms with E-state index in [1.807, 2.05) is 0 Å². The van der Waals surface area contributed by atoms with Gasteiger partial charge in [-0.15, -0.1) is 0 Å². The van der Waals surface area contributed by atoms with Crippen LogP contribution in [0, 0.1) is 12.8 Å². The second kappa shape index (κ2) is 7.85. The van der Waals surface area contributed by atoms with Gasteiger partial charge in [-0.2, -0.15) is 9.29 Å². The van der Waals surface area contributed by atoms with Crippen LogP contribution in [0.25, 0.3) is 0 Å². The Hall–Kier alpha value is -1.78. The van der Waals surface area contributed by atoms with E-state index in [-0.39, 0.29) is 23.3 Å². The highest BCUT2D eigenvalue weighted by atomic mass is 79.9. The Morgan fingerprint density at radius 2 is 1.96 bits per heavy atom. The summed E-state index contributed by atoms with van der Waals surface area (Å²) in [6, 6.07) is 6.55. The van der Waals surface area contributed by atoms with Crippen molar-refractivity contribution in [3.05, 3.63) is 40.5 Å². The molecule has 0 spiro atoms. The molecule has 1 aliphatic rings. The number of carbonyl (C=O) groups is 1. The summed E-state index contributed by atoms with van der Waals surface area (Å²) in [5.41, 5.74) is 0. The predicted molar refractivity (Wildman–Crippen MR) is 96.5 cm³/mol. The van der Waals surface area contributed by atoms with Gasteiger partial charge < -0.3 is 9.84 Å². The van der Waals surface area contributed by atoms with Gasteiger partial charge in [-0.1, -0.05) is 21.1 Å². The van der Waals surface area contributed by atoms with Gasteiger partial charge in [0.1, 0.15) is 0 Å². The van der Waals surface area contributed by atoms with E-state index < -0.39 is 10.0 Å². The summed E-state index contributed by atoms with van der Waals surface area (Å²) < 4.78 is 32.5. The van der Waals surface area contributed by atoms with E-state index in [1.54, 1.807) is 31.2 Å². The lowest BCUT2D eigenvalue weighted by molar-refractivity contribution is -0.126. The van der Waals surface area contributed by atoms with Crippen LogP contribution in [0.2, 0.25) is 0 Å². The van der Waals surface area contributed by atoms with Gasteiger partial charge in [0.15, 0.2) is 5.82 Å². The minimum atomic E-state index is -3.53. The minimum Gasteiger partial charge on any atom is -0.347 e. The Morgan fingerprint density at radius 3 is 2.54 bits per heavy atom. The number of hydrogen-bond acceptors (Lipinski definition) is 6. The number of aryl methyl sites for hydroxylation is 1. The molecule has 1 N–H and O–H groups in total. The van der Waals surface area contributed by atoms with Crippen molar-refractivity contribution in [1.82, 2.24) is 19.8 Å². The maximum Gasteiger partial charge on any atom is 0.246 e. The van der Waals surface area contributed by atoms with Crippen molar-refractivity contribution < 1.29 is 17.7 Å². The lowest BCUT2D eigenvalue weighted by Crippen LogP contribution is -2.42. The average Bonchev–Trinajstić information content (AvgIpc) is 3.05. The molecule has 0 aliphatic carbocycles. The van der Waals surface area contributed by atoms with Crippen molar-refractivity contribution in [2.45, 2.75) is 31.2 Å². The number of hydrogen-bond donors (Lipinski definition) is 1. The SMILES string of the molecule is Cc1noc(CNC(=O)C2CCN(S(=O)(=O)c3ccc(Br)cc3)CC2)n1. The lowest BCUT2D eigenvalue weighted by atomic mass is 9.97. The predicted octanol–water partition coefficient (Wildman–Crippen LogP) is 1.86. The molecule has 2 aromatic rings. The first kappa shape index (κ1) is 19.0. The molecule has 0 radical (unpaired) electrons. The van der Waals surface area contributed by atoms with Gasteiger partial charge in [0.25, 0.3) is 0 Å². The molecule has 1 amide bonds. The molecular formula is C16H19BrN4O4S. The monoisotopic (exact) mass is 442 g/mol. The Balaban J connectivity index is 1.54. The fourth-order valence-electron chi connectivity index (χ4n) is 2.83. The molecule has 1 aliphatic heterocycles. The van der Waals surface area contributed by atoms with Crippen LogP contribution in [0.1, 0.15) is 24.6 Å². The van der Waals surface area contributed by atoms with Crippen molar-refractivity contribution >= 4 is 31.9 Å². The number of amides is 1. The number of carbonyl (C=O) groups excluding carboxylic acids is 1. The largest absolute Gasteiger partial charge is 0.347 e. The quantitative estimate of drug-likeness (QED) is 0.757. The molecule has 0 bridgehead atoms. The van der Waals surface area contributed by atoms with Crippen LogP contribution in [-0.4, -0.2) is 41.9 Å². The summed E-state index contributed by atoms with van der Waals surface area (Å²) in [6.45, 7) is 2.51. The second-order valence-electron chi connectivity index (χ2n) is 6.09. The summed E-state index contributed by atoms with van der Waals surface area (Å²) in [4.78, 5) is 16.6. The van der Waals surface area contributed by atoms with Crippen LogP contribution in [0.3, 0.4) is 0 Å². The van der Waals surface area contributed by atoms with Gasteiger partial charge >= 0.3 is 0 Å². The van der Waals surface area contributed by atoms with E-state index >= 15 is 0 Å². The second-order valence-corrected chi connectivity index (χ2v) is 8.94. The molecule has 8 nitrogen and oxygen atoms in total. The van der Waals surface area contributed by atoms with Crippen LogP contribution in [-0.2, 0) is 21.4 Å². The molecular weight excluding hydrogens is 424 g/mol. The first-order valence-corrected chi connectivity index (χ1v) is 10.4. The summed E-state index contributed by atoms with van der Waals surface area (Å²) >= 11 is 3.30. The number of halogens is 1. The molecule has 0 saturated carbocycles. The number of piperidine rings is 1. The van der Waals surface area contributed by atoms with Gasteiger partial charge in [0, 0.05) is 23.5 Å². The van der Waals surface area contributed by atoms with Crippen molar-refractivity contribution in [2.24, 2.45) is 5.92 Å². The number of benzene rings is 1. The Bertz CT molecular complexity index is 874. The fourth-order valence-corrected chi connectivity index (χ4v) is 4.57. The summed E-state index contributed by atoms with van der Waals surface area (Å²) in [6.07, 6.45) is 0.953. The molecule has 140 valence electrons. The fraction of sp³-hybridized carbons (Fsp3) is 0.438. The summed E-state index contributed by atoms with van der Waals surface area (Å²) in [7, 11) is -3.53. The number of nitrogens with zero attached hydrogens (tertiary/aromatic N) is 3. The van der Waals surface area contributed by atoms with E-state index in [9.17, 15) is 13.2 Å². The smallest absolute Gasteiger partial charge is 0.246 e. The Kier molecular flexibility index (Phi) is 5.73. The zero-order chi connectivity index (χ0) is 18.7. The van der Waals surface area contributed by atoms with Gasteiger partial charge in [-0.3, -0.25) is 4.79 Å². The lowest BCUT2D eigenvalue weighted by Gasteiger charge is -2.30. The van der Waals surface area contributed by atoms with Gasteiger partial charge in [0.2, 0.25) is 21.8 Å². The van der Waals surface area contributed by atoms with Crippen LogP contribution in [0.15, 0.2) is 38.2 Å². The molecule has 1 fully saturated rings. The third kappa shape index (κ3) is 4.30. The maximum absolute atomic E-state index is 12.7. The highest BCUT2D eigenvalue weighted by Gasteiger charge is 2.32. The minimum absolute atomic E-state index is 0.124. The van der Waals surface area contributed by atoms with Gasteiger partial charge in [-0.25, -0.2) is 8.42 Å². The van der Waals surface area contributed by atoms with Crippen LogP contribution in [0.4, 0.5) is 0 Å². The first-order valence-electron chi connectivity index (χ1n) is 8.19. The number of rotatable bonds is 5. The molecule has 2 heterocycles. The maximum atomic E-state index is 12.7. The van der Waals surface area contributed by atoms with Crippen LogP contribution in [0.5, 0.6) is 0 Å². The third-order valence-corrected chi connectivity index (χ3v) is 6.70. The zero-order valence-electron chi connectivity index (χ0n) is 14.2. The van der Waals surface area contributed by atoms with Gasteiger partial charge in [-0.05, 0) is 44.0 Å². The summed E-state index contributed by atoms with van der Waals surface area (Å²) in [5.74, 6) is 0.517. The molecule has 0 atom stereocenters. The third-order valence-electron chi connectivity index (χ3n) is 4.26. The number of aromatic nitrogens is 2. The van der Waals surface area contributed by atoms with Crippen molar-refractivity contribution in [1.29, 1.82) is 0 Å². The van der Waals surface area contributed by atoms with Gasteiger partial charge in [0.05, 0.1) is 11.4 Å². The molecule has 1 aromatic heterocycles. The van der Waals surface area contributed by atoms with Crippen molar-refractivity contribution in [2.75, 3.05) is 13.1 Å². The van der Waals surface area contributed by atoms with E-state index in [2.05, 4.69) is 31.4 Å². The average molecular weight is 443 g/mol. The highest BCUT2D eigenvalue weighted by molar-refractivity contribution is 9.10. The van der Waals surface area contributed by atoms with Crippen LogP contribution < -0.4 is 5.32 Å². The van der Waals surface area contributed by atoms with E-state index in [1.165, 1.54) is 4.31 Å². The van der Waals surface area contributed by atoms with E-state index in [4.69, 9.17) is 4.52 Å². The summed E-state index contributed by atoms with van der Waals surface area (Å²) in [5, 5.41) is 6.43. The molecule has 1 aromatic carbocycles. The topological polar surface area (TPSA) is 105 Å². The highest BCUT2D eigenvalue weighted by Crippen LogP contribution is 2.25. The van der Waals surface area contributed by atoms with E-state index in [0.717, 1.165) is 4.47 Å². The first-order chi connectivity index (χ1) is 12.4. The van der Waals surface area contributed by atoms with Crippen molar-refractivity contribution in [3.8, 4) is 0 Å². The molecule has 26 heavy (non-hydrogen) atoms.